The summed E-state index contributed by atoms with van der Waals surface area (Å²) in [6.07, 6.45) is -0.286. The van der Waals surface area contributed by atoms with Crippen LogP contribution in [0.2, 0.25) is 0 Å². The number of allylic oxidation sites excluding steroid dienone is 1. The third-order valence-corrected chi connectivity index (χ3v) is 7.07. The minimum Gasteiger partial charge on any atom is -0.493 e. The van der Waals surface area contributed by atoms with Gasteiger partial charge in [-0.05, 0) is 83.2 Å². The molecular formula is C33H41N3O9. The van der Waals surface area contributed by atoms with Crippen molar-refractivity contribution in [3.8, 4) is 11.5 Å². The first-order chi connectivity index (χ1) is 21.3. The lowest BCUT2D eigenvalue weighted by Crippen LogP contribution is -2.39. The van der Waals surface area contributed by atoms with Gasteiger partial charge in [0.2, 0.25) is 5.91 Å². The molecule has 2 aliphatic rings. The summed E-state index contributed by atoms with van der Waals surface area (Å²) in [6, 6.07) is 10.1. The number of carbonyl (C=O) groups excluding carboxylic acids is 4. The molecule has 2 aromatic carbocycles. The number of carbonyl (C=O) groups is 4. The number of amides is 3. The molecule has 0 radical (unpaired) electrons. The second-order valence-corrected chi connectivity index (χ2v) is 11.9. The predicted octanol–water partition coefficient (Wildman–Crippen LogP) is 6.37. The summed E-state index contributed by atoms with van der Waals surface area (Å²) in [5.41, 5.74) is 1.44. The number of rotatable bonds is 11. The molecule has 1 atom stereocenters. The van der Waals surface area contributed by atoms with E-state index in [9.17, 15) is 19.2 Å². The lowest BCUT2D eigenvalue weighted by molar-refractivity contribution is -0.125. The standard InChI is InChI=1S/C33H41N3O9/c1-8-42-27-18-22(14-15-26(27)41-7)25(16-17-36(31(39)43-20(2)3)45-32(40)44-33(4,5)6)35-19-23-10-9-11-24(28(23)30(35)38)34-29(37)21-12-13-21/h9-11,14-15,18,21,25H,2,8,12-13,16-17,19H2,1,3-7H3,(H,34,37). The van der Waals surface area contributed by atoms with Crippen molar-refractivity contribution in [2.75, 3.05) is 25.6 Å². The Morgan fingerprint density at radius 3 is 2.49 bits per heavy atom. The number of hydroxylamine groups is 2. The molecule has 4 rings (SSSR count). The van der Waals surface area contributed by atoms with Gasteiger partial charge in [-0.15, -0.1) is 5.06 Å². The summed E-state index contributed by atoms with van der Waals surface area (Å²) in [5, 5.41) is 3.67. The second kappa shape index (κ2) is 13.9. The summed E-state index contributed by atoms with van der Waals surface area (Å²) in [4.78, 5) is 59.1. The van der Waals surface area contributed by atoms with Crippen LogP contribution in [-0.4, -0.2) is 59.9 Å². The lowest BCUT2D eigenvalue weighted by atomic mass is 10.0. The highest BCUT2D eigenvalue weighted by molar-refractivity contribution is 6.07. The van der Waals surface area contributed by atoms with E-state index in [-0.39, 0.29) is 43.0 Å². The van der Waals surface area contributed by atoms with Crippen LogP contribution in [0.1, 0.15) is 81.4 Å². The van der Waals surface area contributed by atoms with E-state index in [2.05, 4.69) is 11.9 Å². The largest absolute Gasteiger partial charge is 0.534 e. The first-order valence-corrected chi connectivity index (χ1v) is 14.9. The molecule has 1 saturated carbocycles. The molecule has 45 heavy (non-hydrogen) atoms. The number of methoxy groups -OCH3 is 1. The lowest BCUT2D eigenvalue weighted by Gasteiger charge is -2.31. The molecule has 1 aliphatic carbocycles. The zero-order valence-corrected chi connectivity index (χ0v) is 26.6. The van der Waals surface area contributed by atoms with Gasteiger partial charge in [0.05, 0.1) is 43.3 Å². The monoisotopic (exact) mass is 623 g/mol. The number of hydrogen-bond donors (Lipinski definition) is 1. The van der Waals surface area contributed by atoms with Crippen molar-refractivity contribution in [3.63, 3.8) is 0 Å². The van der Waals surface area contributed by atoms with E-state index in [1.54, 1.807) is 49.9 Å². The summed E-state index contributed by atoms with van der Waals surface area (Å²) in [7, 11) is 1.53. The zero-order valence-electron chi connectivity index (χ0n) is 26.6. The van der Waals surface area contributed by atoms with Gasteiger partial charge < -0.3 is 34.0 Å². The number of nitrogens with one attached hydrogen (secondary N) is 1. The van der Waals surface area contributed by atoms with Gasteiger partial charge in [-0.3, -0.25) is 9.59 Å². The van der Waals surface area contributed by atoms with E-state index in [1.165, 1.54) is 14.0 Å². The number of benzene rings is 2. The number of anilines is 1. The van der Waals surface area contributed by atoms with Gasteiger partial charge in [-0.2, -0.15) is 0 Å². The minimum absolute atomic E-state index is 0.0348. The maximum Gasteiger partial charge on any atom is 0.534 e. The number of hydrogen-bond acceptors (Lipinski definition) is 9. The fraction of sp³-hybridized carbons (Fsp3) is 0.455. The molecule has 0 saturated heterocycles. The molecule has 1 N–H and O–H groups in total. The third-order valence-electron chi connectivity index (χ3n) is 7.07. The van der Waals surface area contributed by atoms with Crippen LogP contribution in [0, 0.1) is 5.92 Å². The Kier molecular flexibility index (Phi) is 10.3. The SMILES string of the molecule is C=C(C)OC(=O)N(CCC(c1ccc(OC)c(OCC)c1)N1Cc2cccc(NC(=O)C3CC3)c2C1=O)OC(=O)OC(C)(C)C. The molecule has 1 unspecified atom stereocenters. The maximum absolute atomic E-state index is 14.1. The van der Waals surface area contributed by atoms with Crippen LogP contribution in [0.4, 0.5) is 15.3 Å². The molecule has 3 amide bonds. The summed E-state index contributed by atoms with van der Waals surface area (Å²) in [5.74, 6) is 0.658. The van der Waals surface area contributed by atoms with Crippen molar-refractivity contribution in [3.05, 3.63) is 65.4 Å². The van der Waals surface area contributed by atoms with E-state index in [4.69, 9.17) is 23.8 Å². The van der Waals surface area contributed by atoms with Crippen LogP contribution >= 0.6 is 0 Å². The average Bonchev–Trinajstić information content (AvgIpc) is 3.75. The van der Waals surface area contributed by atoms with E-state index in [0.29, 0.717) is 34.9 Å². The van der Waals surface area contributed by atoms with Gasteiger partial charge in [-0.1, -0.05) is 24.8 Å². The van der Waals surface area contributed by atoms with Crippen LogP contribution in [0.15, 0.2) is 48.7 Å². The van der Waals surface area contributed by atoms with Crippen LogP contribution in [0.25, 0.3) is 0 Å². The molecular weight excluding hydrogens is 582 g/mol. The molecule has 12 heteroatoms. The van der Waals surface area contributed by atoms with Gasteiger partial charge in [0.15, 0.2) is 11.5 Å². The van der Waals surface area contributed by atoms with Crippen molar-refractivity contribution in [1.29, 1.82) is 0 Å². The fourth-order valence-electron chi connectivity index (χ4n) is 4.96. The average molecular weight is 624 g/mol. The highest BCUT2D eigenvalue weighted by atomic mass is 16.8. The molecule has 242 valence electrons. The summed E-state index contributed by atoms with van der Waals surface area (Å²) >= 11 is 0. The number of fused-ring (bicyclic) bond motifs is 1. The molecule has 0 spiro atoms. The first-order valence-electron chi connectivity index (χ1n) is 14.9. The predicted molar refractivity (Wildman–Crippen MR) is 165 cm³/mol. The first kappa shape index (κ1) is 33.2. The van der Waals surface area contributed by atoms with Gasteiger partial charge in [-0.25, -0.2) is 9.59 Å². The number of ether oxygens (including phenoxy) is 4. The highest BCUT2D eigenvalue weighted by Gasteiger charge is 2.38. The fourth-order valence-corrected chi connectivity index (χ4v) is 4.96. The van der Waals surface area contributed by atoms with Gasteiger partial charge in [0.25, 0.3) is 5.91 Å². The Morgan fingerprint density at radius 1 is 1.13 bits per heavy atom. The minimum atomic E-state index is -1.10. The van der Waals surface area contributed by atoms with Gasteiger partial charge >= 0.3 is 12.2 Å². The Balaban J connectivity index is 1.67. The van der Waals surface area contributed by atoms with E-state index >= 15 is 0 Å². The van der Waals surface area contributed by atoms with E-state index in [0.717, 1.165) is 23.5 Å². The summed E-state index contributed by atoms with van der Waals surface area (Å²) < 4.78 is 21.7. The zero-order chi connectivity index (χ0) is 32.9. The molecule has 0 bridgehead atoms. The smallest absolute Gasteiger partial charge is 0.493 e. The van der Waals surface area contributed by atoms with Crippen molar-refractivity contribution < 1.29 is 43.0 Å². The third kappa shape index (κ3) is 8.46. The van der Waals surface area contributed by atoms with Crippen LogP contribution in [0.5, 0.6) is 11.5 Å². The van der Waals surface area contributed by atoms with E-state index in [1.807, 2.05) is 19.1 Å². The van der Waals surface area contributed by atoms with E-state index < -0.39 is 23.9 Å². The van der Waals surface area contributed by atoms with Crippen LogP contribution in [0.3, 0.4) is 0 Å². The summed E-state index contributed by atoms with van der Waals surface area (Å²) in [6.45, 7) is 12.4. The highest BCUT2D eigenvalue weighted by Crippen LogP contribution is 2.40. The van der Waals surface area contributed by atoms with Crippen molar-refractivity contribution in [2.24, 2.45) is 5.92 Å². The Hall–Kier alpha value is -4.74. The molecule has 1 heterocycles. The van der Waals surface area contributed by atoms with Gasteiger partial charge in [0, 0.05) is 12.5 Å². The van der Waals surface area contributed by atoms with Crippen molar-refractivity contribution >= 4 is 29.8 Å². The van der Waals surface area contributed by atoms with Crippen LogP contribution < -0.4 is 14.8 Å². The van der Waals surface area contributed by atoms with Gasteiger partial charge in [0.1, 0.15) is 5.60 Å². The Bertz CT molecular complexity index is 1460. The normalized spacial score (nSPS) is 14.6. The quantitative estimate of drug-likeness (QED) is 0.172. The van der Waals surface area contributed by atoms with Crippen molar-refractivity contribution in [2.45, 2.75) is 72.1 Å². The molecule has 12 nitrogen and oxygen atoms in total. The number of nitrogens with zero attached hydrogens (tertiary/aromatic N) is 2. The molecule has 1 aliphatic heterocycles. The second-order valence-electron chi connectivity index (χ2n) is 11.9. The Labute approximate surface area is 263 Å². The molecule has 1 fully saturated rings. The van der Waals surface area contributed by atoms with Crippen LogP contribution in [-0.2, 0) is 25.7 Å². The maximum atomic E-state index is 14.1. The molecule has 2 aromatic rings. The topological polar surface area (TPSA) is 133 Å². The Morgan fingerprint density at radius 2 is 1.87 bits per heavy atom. The van der Waals surface area contributed by atoms with Crippen molar-refractivity contribution in [1.82, 2.24) is 9.96 Å². The molecule has 0 aromatic heterocycles.